The molecule has 1 amide bonds. The normalized spacial score (nSPS) is 15.3. The van der Waals surface area contributed by atoms with Gasteiger partial charge in [0.25, 0.3) is 5.91 Å². The van der Waals surface area contributed by atoms with Gasteiger partial charge in [0.05, 0.1) is 16.3 Å². The number of carbonyl (C=O) groups excluding carboxylic acids is 2. The Hall–Kier alpha value is -2.41. The fourth-order valence-electron chi connectivity index (χ4n) is 2.99. The van der Waals surface area contributed by atoms with Crippen LogP contribution in [-0.4, -0.2) is 29.0 Å². The van der Waals surface area contributed by atoms with Crippen LogP contribution in [0.25, 0.3) is 0 Å². The summed E-state index contributed by atoms with van der Waals surface area (Å²) in [5.74, 6) is -0.122. The second kappa shape index (κ2) is 8.99. The van der Waals surface area contributed by atoms with E-state index in [9.17, 15) is 9.59 Å². The molecule has 6 nitrogen and oxygen atoms in total. The van der Waals surface area contributed by atoms with Crippen molar-refractivity contribution in [1.82, 2.24) is 10.3 Å². The number of aromatic nitrogens is 1. The van der Waals surface area contributed by atoms with Crippen molar-refractivity contribution < 1.29 is 19.1 Å². The molecular formula is C20H24N2O4S. The number of esters is 1. The number of benzene rings is 1. The Labute approximate surface area is 162 Å². The van der Waals surface area contributed by atoms with Crippen molar-refractivity contribution in [2.75, 3.05) is 0 Å². The lowest BCUT2D eigenvalue weighted by Crippen LogP contribution is -2.40. The first-order chi connectivity index (χ1) is 13.0. The van der Waals surface area contributed by atoms with Crippen LogP contribution >= 0.6 is 11.3 Å². The lowest BCUT2D eigenvalue weighted by molar-refractivity contribution is -0.129. The van der Waals surface area contributed by atoms with Gasteiger partial charge in [-0.05, 0) is 51.0 Å². The van der Waals surface area contributed by atoms with Crippen LogP contribution < -0.4 is 10.1 Å². The lowest BCUT2D eigenvalue weighted by Gasteiger charge is -2.17. The molecule has 144 valence electrons. The predicted molar refractivity (Wildman–Crippen MR) is 103 cm³/mol. The molecule has 0 radical (unpaired) electrons. The van der Waals surface area contributed by atoms with Crippen LogP contribution in [0.15, 0.2) is 29.6 Å². The molecule has 0 saturated heterocycles. The number of nitrogens with zero attached hydrogens (tertiary/aromatic N) is 1. The van der Waals surface area contributed by atoms with Crippen LogP contribution in [0.5, 0.6) is 5.75 Å². The van der Waals surface area contributed by atoms with Gasteiger partial charge in [-0.1, -0.05) is 12.8 Å². The second-order valence-electron chi connectivity index (χ2n) is 6.71. The van der Waals surface area contributed by atoms with E-state index >= 15 is 0 Å². The number of rotatable bonds is 7. The number of ether oxygens (including phenoxy) is 2. The van der Waals surface area contributed by atoms with Gasteiger partial charge in [-0.25, -0.2) is 9.78 Å². The maximum absolute atomic E-state index is 12.2. The van der Waals surface area contributed by atoms with E-state index in [-0.39, 0.29) is 11.9 Å². The van der Waals surface area contributed by atoms with Crippen LogP contribution in [0.1, 0.15) is 53.7 Å². The molecule has 1 atom stereocenters. The fourth-order valence-corrected chi connectivity index (χ4v) is 3.59. The van der Waals surface area contributed by atoms with Gasteiger partial charge in [0.2, 0.25) is 0 Å². The topological polar surface area (TPSA) is 77.5 Å². The van der Waals surface area contributed by atoms with E-state index in [2.05, 4.69) is 10.3 Å². The molecule has 1 aliphatic carbocycles. The smallest absolute Gasteiger partial charge is 0.338 e. The number of thiazole rings is 1. The van der Waals surface area contributed by atoms with Gasteiger partial charge in [-0.2, -0.15) is 0 Å². The van der Waals surface area contributed by atoms with E-state index in [1.54, 1.807) is 42.5 Å². The first-order valence-corrected chi connectivity index (χ1v) is 10.0. The molecule has 0 unspecified atom stereocenters. The minimum Gasteiger partial charge on any atom is -0.487 e. The number of amides is 1. The quantitative estimate of drug-likeness (QED) is 0.733. The lowest BCUT2D eigenvalue weighted by atomic mass is 10.2. The molecule has 27 heavy (non-hydrogen) atoms. The van der Waals surface area contributed by atoms with Gasteiger partial charge in [0.15, 0.2) is 6.10 Å². The molecule has 1 fully saturated rings. The molecule has 1 saturated carbocycles. The average Bonchev–Trinajstić information content (AvgIpc) is 3.32. The monoisotopic (exact) mass is 388 g/mol. The number of hydrogen-bond acceptors (Lipinski definition) is 6. The molecule has 0 spiro atoms. The Balaban J connectivity index is 1.48. The largest absolute Gasteiger partial charge is 0.487 e. The average molecular weight is 388 g/mol. The zero-order valence-electron chi connectivity index (χ0n) is 15.6. The number of aryl methyl sites for hydroxylation is 1. The summed E-state index contributed by atoms with van der Waals surface area (Å²) in [7, 11) is 0. The minimum absolute atomic E-state index is 0.205. The Kier molecular flexibility index (Phi) is 6.45. The van der Waals surface area contributed by atoms with Crippen LogP contribution in [0.3, 0.4) is 0 Å². The Morgan fingerprint density at radius 2 is 1.96 bits per heavy atom. The molecule has 0 aliphatic heterocycles. The predicted octanol–water partition coefficient (Wildman–Crippen LogP) is 3.63. The van der Waals surface area contributed by atoms with Crippen LogP contribution in [0, 0.1) is 6.92 Å². The Morgan fingerprint density at radius 3 is 2.59 bits per heavy atom. The number of hydrogen-bond donors (Lipinski definition) is 1. The van der Waals surface area contributed by atoms with Gasteiger partial charge in [0, 0.05) is 11.4 Å². The second-order valence-corrected chi connectivity index (χ2v) is 7.77. The molecular weight excluding hydrogens is 364 g/mol. The van der Waals surface area contributed by atoms with E-state index in [0.29, 0.717) is 17.9 Å². The molecule has 1 N–H and O–H groups in total. The molecule has 1 aliphatic rings. The number of nitrogens with one attached hydrogen (secondary N) is 1. The SMILES string of the molecule is Cc1nc(COc2ccc(C(=O)O[C@@H](C)C(=O)NC3CCCC3)cc2)cs1. The minimum atomic E-state index is -0.818. The van der Waals surface area contributed by atoms with E-state index < -0.39 is 12.1 Å². The highest BCUT2D eigenvalue weighted by atomic mass is 32.1. The molecule has 1 heterocycles. The standard InChI is InChI=1S/C20H24N2O4S/c1-13(19(23)22-16-5-3-4-6-16)26-20(24)15-7-9-18(10-8-15)25-11-17-12-27-14(2)21-17/h7-10,12-13,16H,3-6,11H2,1-2H3,(H,22,23)/t13-/m0/s1. The Bertz CT molecular complexity index is 782. The summed E-state index contributed by atoms with van der Waals surface area (Å²) in [6.07, 6.45) is 3.44. The molecule has 0 bridgehead atoms. The van der Waals surface area contributed by atoms with E-state index in [1.165, 1.54) is 0 Å². The molecule has 2 aromatic rings. The first-order valence-electron chi connectivity index (χ1n) is 9.16. The number of carbonyl (C=O) groups is 2. The van der Waals surface area contributed by atoms with Crippen molar-refractivity contribution in [1.29, 1.82) is 0 Å². The zero-order valence-corrected chi connectivity index (χ0v) is 16.4. The van der Waals surface area contributed by atoms with Gasteiger partial charge in [-0.3, -0.25) is 4.79 Å². The Morgan fingerprint density at radius 1 is 1.26 bits per heavy atom. The van der Waals surface area contributed by atoms with E-state index in [1.807, 2.05) is 12.3 Å². The van der Waals surface area contributed by atoms with E-state index in [4.69, 9.17) is 9.47 Å². The van der Waals surface area contributed by atoms with Gasteiger partial charge in [0.1, 0.15) is 12.4 Å². The summed E-state index contributed by atoms with van der Waals surface area (Å²) < 4.78 is 10.9. The highest BCUT2D eigenvalue weighted by Gasteiger charge is 2.23. The van der Waals surface area contributed by atoms with Crippen molar-refractivity contribution in [2.24, 2.45) is 0 Å². The summed E-state index contributed by atoms with van der Waals surface area (Å²) >= 11 is 1.58. The third-order valence-electron chi connectivity index (χ3n) is 4.50. The van der Waals surface area contributed by atoms with Gasteiger partial charge in [-0.15, -0.1) is 11.3 Å². The summed E-state index contributed by atoms with van der Waals surface area (Å²) in [6.45, 7) is 3.92. The van der Waals surface area contributed by atoms with Crippen LogP contribution in [0.2, 0.25) is 0 Å². The highest BCUT2D eigenvalue weighted by molar-refractivity contribution is 7.09. The molecule has 1 aromatic carbocycles. The maximum Gasteiger partial charge on any atom is 0.338 e. The summed E-state index contributed by atoms with van der Waals surface area (Å²) in [6, 6.07) is 6.88. The van der Waals surface area contributed by atoms with Crippen molar-refractivity contribution >= 4 is 23.2 Å². The maximum atomic E-state index is 12.2. The van der Waals surface area contributed by atoms with Crippen molar-refractivity contribution in [3.8, 4) is 5.75 Å². The third kappa shape index (κ3) is 5.53. The first kappa shape index (κ1) is 19.4. The van der Waals surface area contributed by atoms with E-state index in [0.717, 1.165) is 36.4 Å². The summed E-state index contributed by atoms with van der Waals surface area (Å²) in [4.78, 5) is 28.7. The van der Waals surface area contributed by atoms with Crippen molar-refractivity contribution in [3.05, 3.63) is 45.9 Å². The fraction of sp³-hybridized carbons (Fsp3) is 0.450. The molecule has 7 heteroatoms. The van der Waals surface area contributed by atoms with Crippen LogP contribution in [-0.2, 0) is 16.1 Å². The summed E-state index contributed by atoms with van der Waals surface area (Å²) in [5, 5.41) is 5.89. The third-order valence-corrected chi connectivity index (χ3v) is 5.32. The van der Waals surface area contributed by atoms with Gasteiger partial charge < -0.3 is 14.8 Å². The molecule has 3 rings (SSSR count). The zero-order chi connectivity index (χ0) is 19.2. The highest BCUT2D eigenvalue weighted by Crippen LogP contribution is 2.18. The molecule has 1 aromatic heterocycles. The van der Waals surface area contributed by atoms with Crippen molar-refractivity contribution in [2.45, 2.75) is 58.3 Å². The van der Waals surface area contributed by atoms with Gasteiger partial charge >= 0.3 is 5.97 Å². The summed E-state index contributed by atoms with van der Waals surface area (Å²) in [5.41, 5.74) is 1.26. The van der Waals surface area contributed by atoms with Crippen molar-refractivity contribution in [3.63, 3.8) is 0 Å². The van der Waals surface area contributed by atoms with Crippen LogP contribution in [0.4, 0.5) is 0 Å².